The summed E-state index contributed by atoms with van der Waals surface area (Å²) >= 11 is 0. The molecule has 0 spiro atoms. The van der Waals surface area contributed by atoms with Crippen LogP contribution in [0.1, 0.15) is 45.7 Å². The van der Waals surface area contributed by atoms with Gasteiger partial charge in [-0.05, 0) is 24.1 Å². The van der Waals surface area contributed by atoms with Gasteiger partial charge in [-0.25, -0.2) is 0 Å². The van der Waals surface area contributed by atoms with Gasteiger partial charge >= 0.3 is 0 Å². The Morgan fingerprint density at radius 3 is 2.32 bits per heavy atom. The Kier molecular flexibility index (Phi) is 4.48. The lowest BCUT2D eigenvalue weighted by Crippen LogP contribution is -2.04. The Bertz CT molecular complexity index is 912. The van der Waals surface area contributed by atoms with E-state index in [1.165, 1.54) is 12.1 Å². The molecule has 126 valence electrons. The lowest BCUT2D eigenvalue weighted by Gasteiger charge is -2.10. The first-order valence-electron chi connectivity index (χ1n) is 8.01. The summed E-state index contributed by atoms with van der Waals surface area (Å²) in [6, 6.07) is 17.6. The third-order valence-electron chi connectivity index (χ3n) is 4.37. The molecule has 1 atom stereocenters. The third kappa shape index (κ3) is 3.35. The minimum Gasteiger partial charge on any atom is -0.355 e. The van der Waals surface area contributed by atoms with Crippen molar-refractivity contribution < 1.29 is 9.72 Å². The number of rotatable bonds is 5. The number of hydrogen-bond acceptors (Lipinski definition) is 3. The summed E-state index contributed by atoms with van der Waals surface area (Å²) < 4.78 is 0. The van der Waals surface area contributed by atoms with E-state index in [1.807, 2.05) is 38.1 Å². The number of hydrogen-bond donors (Lipinski definition) is 1. The number of nitro groups is 1. The Morgan fingerprint density at radius 1 is 1.08 bits per heavy atom. The van der Waals surface area contributed by atoms with Gasteiger partial charge in [-0.15, -0.1) is 0 Å². The fourth-order valence-corrected chi connectivity index (χ4v) is 2.85. The number of non-ortho nitro benzene ring substituents is 1. The van der Waals surface area contributed by atoms with Gasteiger partial charge in [-0.1, -0.05) is 49.4 Å². The Labute approximate surface area is 145 Å². The highest BCUT2D eigenvalue weighted by atomic mass is 16.6. The predicted molar refractivity (Wildman–Crippen MR) is 96.0 cm³/mol. The number of benzene rings is 2. The molecular formula is C20H18N2O3. The van der Waals surface area contributed by atoms with Gasteiger partial charge in [-0.2, -0.15) is 0 Å². The van der Waals surface area contributed by atoms with Crippen molar-refractivity contribution in [2.24, 2.45) is 0 Å². The molecule has 0 fully saturated rings. The summed E-state index contributed by atoms with van der Waals surface area (Å²) in [5.74, 6) is -0.0444. The Balaban J connectivity index is 1.89. The average molecular weight is 334 g/mol. The van der Waals surface area contributed by atoms with Crippen molar-refractivity contribution in [3.05, 3.63) is 98.9 Å². The molecule has 1 unspecified atom stereocenters. The molecule has 3 aromatic rings. The SMILES string of the molecule is Cc1cc(C(C)c2ccc([N+](=O)[O-])cc2)[nH]c1C(=O)c1ccccc1. The number of aryl methyl sites for hydroxylation is 1. The standard InChI is InChI=1S/C20H18N2O3/c1-13-12-18(14(2)15-8-10-17(11-9-15)22(24)25)21-19(13)20(23)16-6-4-3-5-7-16/h3-12,14,21H,1-2H3. The van der Waals surface area contributed by atoms with Crippen molar-refractivity contribution in [2.45, 2.75) is 19.8 Å². The number of carbonyl (C=O) groups excluding carboxylic acids is 1. The number of nitrogens with zero attached hydrogens (tertiary/aromatic N) is 1. The molecule has 0 saturated heterocycles. The van der Waals surface area contributed by atoms with Crippen LogP contribution in [-0.4, -0.2) is 15.7 Å². The molecule has 5 heteroatoms. The molecule has 25 heavy (non-hydrogen) atoms. The van der Waals surface area contributed by atoms with Crippen molar-refractivity contribution >= 4 is 11.5 Å². The van der Waals surface area contributed by atoms with Gasteiger partial charge in [-0.3, -0.25) is 14.9 Å². The lowest BCUT2D eigenvalue weighted by atomic mass is 9.97. The highest BCUT2D eigenvalue weighted by Gasteiger charge is 2.18. The van der Waals surface area contributed by atoms with Gasteiger partial charge in [0.05, 0.1) is 10.6 Å². The van der Waals surface area contributed by atoms with Crippen molar-refractivity contribution in [1.29, 1.82) is 0 Å². The van der Waals surface area contributed by atoms with E-state index in [0.29, 0.717) is 11.3 Å². The van der Waals surface area contributed by atoms with Gasteiger partial charge < -0.3 is 4.98 Å². The van der Waals surface area contributed by atoms with Crippen LogP contribution in [0.5, 0.6) is 0 Å². The van der Waals surface area contributed by atoms with Gasteiger partial charge in [0.15, 0.2) is 0 Å². The first kappa shape index (κ1) is 16.6. The molecule has 0 radical (unpaired) electrons. The minimum absolute atomic E-state index is 0.00294. The fraction of sp³-hybridized carbons (Fsp3) is 0.150. The van der Waals surface area contributed by atoms with Crippen molar-refractivity contribution in [3.8, 4) is 0 Å². The van der Waals surface area contributed by atoms with Crippen molar-refractivity contribution in [3.63, 3.8) is 0 Å². The van der Waals surface area contributed by atoms with Crippen LogP contribution in [0.2, 0.25) is 0 Å². The number of carbonyl (C=O) groups is 1. The zero-order valence-corrected chi connectivity index (χ0v) is 14.0. The van der Waals surface area contributed by atoms with E-state index in [1.54, 1.807) is 24.3 Å². The maximum absolute atomic E-state index is 12.7. The summed E-state index contributed by atoms with van der Waals surface area (Å²) in [7, 11) is 0. The first-order chi connectivity index (χ1) is 12.0. The zero-order valence-electron chi connectivity index (χ0n) is 14.0. The van der Waals surface area contributed by atoms with Gasteiger partial charge in [0.1, 0.15) is 0 Å². The van der Waals surface area contributed by atoms with E-state index in [9.17, 15) is 14.9 Å². The monoisotopic (exact) mass is 334 g/mol. The second-order valence-electron chi connectivity index (χ2n) is 6.05. The molecule has 1 N–H and O–H groups in total. The van der Waals surface area contributed by atoms with Crippen molar-refractivity contribution in [2.75, 3.05) is 0 Å². The number of nitro benzene ring substituents is 1. The summed E-state index contributed by atoms with van der Waals surface area (Å²) in [5.41, 5.74) is 4.03. The van der Waals surface area contributed by atoms with Gasteiger partial charge in [0.25, 0.3) is 5.69 Å². The highest BCUT2D eigenvalue weighted by molar-refractivity contribution is 6.08. The topological polar surface area (TPSA) is 76.0 Å². The van der Waals surface area contributed by atoms with E-state index < -0.39 is 4.92 Å². The number of ketones is 1. The minimum atomic E-state index is -0.413. The van der Waals surface area contributed by atoms with Gasteiger partial charge in [0.2, 0.25) is 5.78 Å². The molecule has 0 bridgehead atoms. The second kappa shape index (κ2) is 6.73. The molecule has 0 aliphatic carbocycles. The highest BCUT2D eigenvalue weighted by Crippen LogP contribution is 2.27. The van der Waals surface area contributed by atoms with Crippen LogP contribution < -0.4 is 0 Å². The molecule has 1 heterocycles. The third-order valence-corrected chi connectivity index (χ3v) is 4.37. The molecule has 0 aliphatic heterocycles. The zero-order chi connectivity index (χ0) is 18.0. The lowest BCUT2D eigenvalue weighted by molar-refractivity contribution is -0.384. The number of H-pyrrole nitrogens is 1. The number of aromatic nitrogens is 1. The van der Waals surface area contributed by atoms with Crippen LogP contribution in [0.15, 0.2) is 60.7 Å². The summed E-state index contributed by atoms with van der Waals surface area (Å²) in [6.45, 7) is 3.90. The molecule has 0 aliphatic rings. The van der Waals surface area contributed by atoms with Crippen LogP contribution in [0.25, 0.3) is 0 Å². The number of aromatic amines is 1. The quantitative estimate of drug-likeness (QED) is 0.420. The summed E-state index contributed by atoms with van der Waals surface area (Å²) in [6.07, 6.45) is 0. The molecule has 3 rings (SSSR count). The van der Waals surface area contributed by atoms with Crippen molar-refractivity contribution in [1.82, 2.24) is 4.98 Å². The Hall–Kier alpha value is -3.21. The number of nitrogens with one attached hydrogen (secondary N) is 1. The normalized spacial score (nSPS) is 11.9. The average Bonchev–Trinajstić information content (AvgIpc) is 3.03. The van der Waals surface area contributed by atoms with Crippen LogP contribution in [0.3, 0.4) is 0 Å². The Morgan fingerprint density at radius 2 is 1.72 bits per heavy atom. The smallest absolute Gasteiger partial charge is 0.269 e. The van der Waals surface area contributed by atoms with E-state index >= 15 is 0 Å². The fourth-order valence-electron chi connectivity index (χ4n) is 2.85. The molecule has 1 aromatic heterocycles. The van der Waals surface area contributed by atoms with Gasteiger partial charge in [0, 0.05) is 29.3 Å². The molecule has 5 nitrogen and oxygen atoms in total. The second-order valence-corrected chi connectivity index (χ2v) is 6.05. The largest absolute Gasteiger partial charge is 0.355 e. The van der Waals surface area contributed by atoms with E-state index in [2.05, 4.69) is 4.98 Å². The van der Waals surface area contributed by atoms with Crippen LogP contribution in [0.4, 0.5) is 5.69 Å². The molecule has 2 aromatic carbocycles. The van der Waals surface area contributed by atoms with E-state index in [0.717, 1.165) is 16.8 Å². The maximum atomic E-state index is 12.7. The molecule has 0 amide bonds. The maximum Gasteiger partial charge on any atom is 0.269 e. The molecular weight excluding hydrogens is 316 g/mol. The van der Waals surface area contributed by atoms with E-state index in [-0.39, 0.29) is 17.4 Å². The molecule has 0 saturated carbocycles. The van der Waals surface area contributed by atoms with E-state index in [4.69, 9.17) is 0 Å². The van der Waals surface area contributed by atoms with Crippen LogP contribution in [-0.2, 0) is 0 Å². The van der Waals surface area contributed by atoms with Crippen LogP contribution >= 0.6 is 0 Å². The first-order valence-corrected chi connectivity index (χ1v) is 8.01. The summed E-state index contributed by atoms with van der Waals surface area (Å²) in [5, 5.41) is 10.8. The summed E-state index contributed by atoms with van der Waals surface area (Å²) in [4.78, 5) is 26.2. The predicted octanol–water partition coefficient (Wildman–Crippen LogP) is 4.61. The van der Waals surface area contributed by atoms with Crippen LogP contribution in [0, 0.1) is 17.0 Å².